The fourth-order valence-electron chi connectivity index (χ4n) is 2.42. The Morgan fingerprint density at radius 2 is 1.60 bits per heavy atom. The first-order chi connectivity index (χ1) is 9.46. The maximum absolute atomic E-state index is 11.6. The average molecular weight is 285 g/mol. The van der Waals surface area contributed by atoms with Crippen LogP contribution in [0.1, 0.15) is 39.0 Å². The van der Waals surface area contributed by atoms with Crippen molar-refractivity contribution in [3.63, 3.8) is 0 Å². The second kappa shape index (κ2) is 7.72. The molecule has 0 bridgehead atoms. The average Bonchev–Trinajstić information content (AvgIpc) is 2.42. The third-order valence-corrected chi connectivity index (χ3v) is 3.64. The number of carboxylic acid groups (broad SMARTS) is 1. The van der Waals surface area contributed by atoms with E-state index in [9.17, 15) is 19.5 Å². The molecule has 1 saturated carbocycles. The van der Waals surface area contributed by atoms with Crippen molar-refractivity contribution >= 4 is 17.9 Å². The minimum atomic E-state index is -0.837. The first-order valence-electron chi connectivity index (χ1n) is 6.96. The van der Waals surface area contributed by atoms with E-state index in [1.54, 1.807) is 0 Å². The molecule has 20 heavy (non-hydrogen) atoms. The summed E-state index contributed by atoms with van der Waals surface area (Å²) < 4.78 is 0. The van der Waals surface area contributed by atoms with Gasteiger partial charge in [-0.25, -0.2) is 4.79 Å². The van der Waals surface area contributed by atoms with Gasteiger partial charge in [-0.1, -0.05) is 19.3 Å². The molecule has 1 aliphatic rings. The van der Waals surface area contributed by atoms with Gasteiger partial charge in [0.15, 0.2) is 0 Å². The van der Waals surface area contributed by atoms with Crippen molar-refractivity contribution < 1.29 is 19.5 Å². The number of carbonyl (C=O) groups excluding carboxylic acids is 2. The summed E-state index contributed by atoms with van der Waals surface area (Å²) in [5, 5.41) is 17.1. The first kappa shape index (κ1) is 16.3. The van der Waals surface area contributed by atoms with Crippen molar-refractivity contribution in [3.05, 3.63) is 0 Å². The van der Waals surface area contributed by atoms with Crippen LogP contribution in [0.15, 0.2) is 0 Å². The molecule has 1 rings (SSSR count). The zero-order valence-electron chi connectivity index (χ0n) is 11.8. The van der Waals surface area contributed by atoms with Crippen molar-refractivity contribution in [1.82, 2.24) is 16.0 Å². The standard InChI is InChI=1S/C13H23N3O4/c1-10(17)14-7-8-15-12(20)16-9-13(11(18)19)5-3-2-4-6-13/h2-9H2,1H3,(H,14,17)(H,18,19)(H2,15,16,20). The zero-order valence-corrected chi connectivity index (χ0v) is 11.8. The lowest BCUT2D eigenvalue weighted by molar-refractivity contribution is -0.150. The van der Waals surface area contributed by atoms with Crippen molar-refractivity contribution in [2.75, 3.05) is 19.6 Å². The number of hydrogen-bond donors (Lipinski definition) is 4. The summed E-state index contributed by atoms with van der Waals surface area (Å²) in [6.45, 7) is 2.21. The minimum Gasteiger partial charge on any atom is -0.481 e. The van der Waals surface area contributed by atoms with Gasteiger partial charge in [0.1, 0.15) is 0 Å². The van der Waals surface area contributed by atoms with E-state index in [0.717, 1.165) is 19.3 Å². The van der Waals surface area contributed by atoms with E-state index < -0.39 is 17.4 Å². The summed E-state index contributed by atoms with van der Waals surface area (Å²) in [5.74, 6) is -0.991. The van der Waals surface area contributed by atoms with Gasteiger partial charge in [-0.2, -0.15) is 0 Å². The highest BCUT2D eigenvalue weighted by molar-refractivity contribution is 5.78. The molecule has 7 nitrogen and oxygen atoms in total. The molecule has 0 atom stereocenters. The number of carboxylic acids is 1. The van der Waals surface area contributed by atoms with Crippen LogP contribution in [0, 0.1) is 5.41 Å². The Morgan fingerprint density at radius 3 is 2.15 bits per heavy atom. The summed E-state index contributed by atoms with van der Waals surface area (Å²) in [7, 11) is 0. The smallest absolute Gasteiger partial charge is 0.314 e. The predicted octanol–water partition coefficient (Wildman–Crippen LogP) is 0.457. The highest BCUT2D eigenvalue weighted by atomic mass is 16.4. The Bertz CT molecular complexity index is 365. The Kier molecular flexibility index (Phi) is 6.27. The quantitative estimate of drug-likeness (QED) is 0.532. The molecular weight excluding hydrogens is 262 g/mol. The first-order valence-corrected chi connectivity index (χ1v) is 6.96. The van der Waals surface area contributed by atoms with Crippen LogP contribution in [0.4, 0.5) is 4.79 Å². The van der Waals surface area contributed by atoms with Gasteiger partial charge in [0.25, 0.3) is 0 Å². The SMILES string of the molecule is CC(=O)NCCNC(=O)NCC1(C(=O)O)CCCCC1. The Labute approximate surface area is 118 Å². The number of hydrogen-bond acceptors (Lipinski definition) is 3. The summed E-state index contributed by atoms with van der Waals surface area (Å²) in [5.41, 5.74) is -0.826. The molecule has 114 valence electrons. The van der Waals surface area contributed by atoms with E-state index in [2.05, 4.69) is 16.0 Å². The lowest BCUT2D eigenvalue weighted by Crippen LogP contribution is -2.48. The number of nitrogens with one attached hydrogen (secondary N) is 3. The molecule has 0 radical (unpaired) electrons. The monoisotopic (exact) mass is 285 g/mol. The normalized spacial score (nSPS) is 17.1. The molecule has 3 amide bonds. The van der Waals surface area contributed by atoms with E-state index in [-0.39, 0.29) is 12.5 Å². The minimum absolute atomic E-state index is 0.147. The second-order valence-corrected chi connectivity index (χ2v) is 5.24. The van der Waals surface area contributed by atoms with Gasteiger partial charge in [0.05, 0.1) is 5.41 Å². The molecule has 1 aliphatic carbocycles. The maximum atomic E-state index is 11.6. The highest BCUT2D eigenvalue weighted by Crippen LogP contribution is 2.35. The Balaban J connectivity index is 2.30. The van der Waals surface area contributed by atoms with Gasteiger partial charge in [-0.05, 0) is 12.8 Å². The molecule has 0 aromatic heterocycles. The van der Waals surface area contributed by atoms with E-state index >= 15 is 0 Å². The molecule has 0 heterocycles. The predicted molar refractivity (Wildman–Crippen MR) is 73.2 cm³/mol. The third-order valence-electron chi connectivity index (χ3n) is 3.64. The van der Waals surface area contributed by atoms with Gasteiger partial charge in [0, 0.05) is 26.6 Å². The fraction of sp³-hybridized carbons (Fsp3) is 0.769. The van der Waals surface area contributed by atoms with E-state index in [1.807, 2.05) is 0 Å². The molecule has 0 aromatic carbocycles. The van der Waals surface area contributed by atoms with Crippen molar-refractivity contribution in [2.45, 2.75) is 39.0 Å². The van der Waals surface area contributed by atoms with E-state index in [1.165, 1.54) is 6.92 Å². The highest BCUT2D eigenvalue weighted by Gasteiger charge is 2.39. The van der Waals surface area contributed by atoms with Crippen LogP contribution >= 0.6 is 0 Å². The van der Waals surface area contributed by atoms with Gasteiger partial charge < -0.3 is 21.1 Å². The van der Waals surface area contributed by atoms with Crippen LogP contribution in [0.25, 0.3) is 0 Å². The van der Waals surface area contributed by atoms with Crippen LogP contribution in [0.5, 0.6) is 0 Å². The van der Waals surface area contributed by atoms with Gasteiger partial charge in [0.2, 0.25) is 5.91 Å². The van der Waals surface area contributed by atoms with Crippen LogP contribution in [-0.2, 0) is 9.59 Å². The van der Waals surface area contributed by atoms with Gasteiger partial charge in [-0.3, -0.25) is 9.59 Å². The number of urea groups is 1. The molecule has 4 N–H and O–H groups in total. The Hall–Kier alpha value is -1.79. The van der Waals surface area contributed by atoms with Gasteiger partial charge >= 0.3 is 12.0 Å². The zero-order chi connectivity index (χ0) is 15.0. The topological polar surface area (TPSA) is 108 Å². The molecule has 0 spiro atoms. The molecule has 0 saturated heterocycles. The van der Waals surface area contributed by atoms with Crippen molar-refractivity contribution in [2.24, 2.45) is 5.41 Å². The van der Waals surface area contributed by atoms with E-state index in [0.29, 0.717) is 25.9 Å². The summed E-state index contributed by atoms with van der Waals surface area (Å²) in [6, 6.07) is -0.401. The molecule has 0 unspecified atom stereocenters. The molecular formula is C13H23N3O4. The van der Waals surface area contributed by atoms with Crippen LogP contribution in [0.2, 0.25) is 0 Å². The van der Waals surface area contributed by atoms with Crippen molar-refractivity contribution in [1.29, 1.82) is 0 Å². The fourth-order valence-corrected chi connectivity index (χ4v) is 2.42. The van der Waals surface area contributed by atoms with Gasteiger partial charge in [-0.15, -0.1) is 0 Å². The molecule has 1 fully saturated rings. The summed E-state index contributed by atoms with van der Waals surface area (Å²) in [6.07, 6.45) is 4.04. The van der Waals surface area contributed by atoms with E-state index in [4.69, 9.17) is 0 Å². The number of rotatable bonds is 6. The summed E-state index contributed by atoms with van der Waals surface area (Å²) >= 11 is 0. The van der Waals surface area contributed by atoms with Crippen LogP contribution in [-0.4, -0.2) is 42.6 Å². The largest absolute Gasteiger partial charge is 0.481 e. The summed E-state index contributed by atoms with van der Waals surface area (Å²) in [4.78, 5) is 33.6. The maximum Gasteiger partial charge on any atom is 0.314 e. The molecule has 0 aromatic rings. The number of carbonyl (C=O) groups is 3. The molecule has 0 aliphatic heterocycles. The lowest BCUT2D eigenvalue weighted by Gasteiger charge is -2.33. The molecule has 7 heteroatoms. The second-order valence-electron chi connectivity index (χ2n) is 5.24. The van der Waals surface area contributed by atoms with Crippen molar-refractivity contribution in [3.8, 4) is 0 Å². The number of amides is 3. The Morgan fingerprint density at radius 1 is 1.00 bits per heavy atom. The van der Waals surface area contributed by atoms with Crippen LogP contribution in [0.3, 0.4) is 0 Å². The van der Waals surface area contributed by atoms with Crippen LogP contribution < -0.4 is 16.0 Å². The third kappa shape index (κ3) is 5.07. The lowest BCUT2D eigenvalue weighted by atomic mass is 9.74. The number of aliphatic carboxylic acids is 1.